The molecule has 0 unspecified atom stereocenters. The van der Waals surface area contributed by atoms with E-state index in [1.165, 1.54) is 7.11 Å². The van der Waals surface area contributed by atoms with Crippen molar-refractivity contribution in [1.82, 2.24) is 9.21 Å². The molecule has 142 valence electrons. The van der Waals surface area contributed by atoms with Crippen LogP contribution in [-0.4, -0.2) is 56.6 Å². The summed E-state index contributed by atoms with van der Waals surface area (Å²) in [5.41, 5.74) is 1.00. The second-order valence-electron chi connectivity index (χ2n) is 5.90. The van der Waals surface area contributed by atoms with Crippen LogP contribution >= 0.6 is 11.3 Å². The predicted octanol–water partition coefficient (Wildman–Crippen LogP) is 2.18. The van der Waals surface area contributed by atoms with Crippen LogP contribution in [0.4, 0.5) is 0 Å². The third-order valence-electron chi connectivity index (χ3n) is 3.82. The summed E-state index contributed by atoms with van der Waals surface area (Å²) < 4.78 is 30.1. The summed E-state index contributed by atoms with van der Waals surface area (Å²) >= 11 is 1.57. The van der Waals surface area contributed by atoms with E-state index in [1.54, 1.807) is 16.2 Å². The molecule has 0 saturated heterocycles. The number of hydrogen-bond acceptors (Lipinski definition) is 5. The monoisotopic (exact) mass is 396 g/mol. The molecule has 0 aliphatic rings. The molecule has 1 aromatic carbocycles. The molecule has 0 aliphatic heterocycles. The molecule has 0 atom stereocenters. The number of nitrogens with zero attached hydrogens (tertiary/aromatic N) is 2. The number of rotatable bonds is 10. The fraction of sp³-hybridized carbons (Fsp3) is 0.389. The Hall–Kier alpha value is -1.74. The van der Waals surface area contributed by atoms with Crippen LogP contribution in [0.5, 0.6) is 0 Å². The zero-order chi connectivity index (χ0) is 19.0. The molecular formula is C18H24N2O4S2. The second-order valence-corrected chi connectivity index (χ2v) is 8.92. The lowest BCUT2D eigenvalue weighted by Gasteiger charge is -2.26. The van der Waals surface area contributed by atoms with Crippen LogP contribution in [0.2, 0.25) is 0 Å². The number of thiophene rings is 1. The molecule has 0 N–H and O–H groups in total. The van der Waals surface area contributed by atoms with Crippen molar-refractivity contribution in [2.45, 2.75) is 13.1 Å². The Morgan fingerprint density at radius 1 is 1.12 bits per heavy atom. The smallest absolute Gasteiger partial charge is 0.238 e. The molecular weight excluding hydrogens is 372 g/mol. The van der Waals surface area contributed by atoms with E-state index in [2.05, 4.69) is 0 Å². The lowest BCUT2D eigenvalue weighted by molar-refractivity contribution is -0.132. The van der Waals surface area contributed by atoms with E-state index < -0.39 is 10.0 Å². The van der Waals surface area contributed by atoms with Gasteiger partial charge < -0.3 is 9.64 Å². The summed E-state index contributed by atoms with van der Waals surface area (Å²) in [5, 5.41) is 1.96. The Morgan fingerprint density at radius 3 is 2.42 bits per heavy atom. The lowest BCUT2D eigenvalue weighted by Crippen LogP contribution is -2.43. The van der Waals surface area contributed by atoms with Gasteiger partial charge in [-0.3, -0.25) is 4.79 Å². The zero-order valence-electron chi connectivity index (χ0n) is 15.0. The Kier molecular flexibility index (Phi) is 7.77. The molecule has 1 amide bonds. The Labute approximate surface area is 159 Å². The maximum Gasteiger partial charge on any atom is 0.238 e. The summed E-state index contributed by atoms with van der Waals surface area (Å²) in [4.78, 5) is 15.6. The van der Waals surface area contributed by atoms with E-state index in [4.69, 9.17) is 4.74 Å². The highest BCUT2D eigenvalue weighted by Gasteiger charge is 2.24. The summed E-state index contributed by atoms with van der Waals surface area (Å²) in [7, 11) is -1.99. The molecule has 8 heteroatoms. The fourth-order valence-corrected chi connectivity index (χ4v) is 3.90. The van der Waals surface area contributed by atoms with Crippen molar-refractivity contribution in [3.8, 4) is 0 Å². The SMILES string of the molecule is COCCN(CC(=O)N(Cc1ccccc1)Cc1cccs1)S(C)(=O)=O. The number of sulfonamides is 1. The first-order valence-electron chi connectivity index (χ1n) is 8.18. The molecule has 2 rings (SSSR count). The van der Waals surface area contributed by atoms with Crippen LogP contribution in [0.25, 0.3) is 0 Å². The number of hydrogen-bond donors (Lipinski definition) is 0. The lowest BCUT2D eigenvalue weighted by atomic mass is 10.2. The van der Waals surface area contributed by atoms with Gasteiger partial charge in [0.2, 0.25) is 15.9 Å². The summed E-state index contributed by atoms with van der Waals surface area (Å²) in [6.07, 6.45) is 1.11. The van der Waals surface area contributed by atoms with E-state index in [0.717, 1.165) is 21.0 Å². The van der Waals surface area contributed by atoms with Crippen molar-refractivity contribution in [3.63, 3.8) is 0 Å². The van der Waals surface area contributed by atoms with Gasteiger partial charge in [0.05, 0.1) is 26.0 Å². The van der Waals surface area contributed by atoms with Gasteiger partial charge in [-0.15, -0.1) is 11.3 Å². The molecule has 0 spiro atoms. The minimum absolute atomic E-state index is 0.152. The van der Waals surface area contributed by atoms with Crippen molar-refractivity contribution in [2.75, 3.05) is 33.1 Å². The van der Waals surface area contributed by atoms with E-state index in [-0.39, 0.29) is 25.6 Å². The molecule has 2 aromatic rings. The Bertz CT molecular complexity index is 777. The number of carbonyl (C=O) groups is 1. The van der Waals surface area contributed by atoms with E-state index in [1.807, 2.05) is 47.8 Å². The topological polar surface area (TPSA) is 66.9 Å². The standard InChI is InChI=1S/C18H24N2O4S2/c1-24-11-10-20(26(2,22)23)15-18(21)19(14-17-9-6-12-25-17)13-16-7-4-3-5-8-16/h3-9,12H,10-11,13-15H2,1-2H3. The van der Waals surface area contributed by atoms with E-state index in [9.17, 15) is 13.2 Å². The molecule has 0 saturated carbocycles. The third-order valence-corrected chi connectivity index (χ3v) is 5.93. The van der Waals surface area contributed by atoms with Gasteiger partial charge in [0.15, 0.2) is 0 Å². The second kappa shape index (κ2) is 9.82. The van der Waals surface area contributed by atoms with Crippen LogP contribution < -0.4 is 0 Å². The quantitative estimate of drug-likeness (QED) is 0.617. The molecule has 0 aliphatic carbocycles. The average Bonchev–Trinajstić information content (AvgIpc) is 3.11. The van der Waals surface area contributed by atoms with Crippen molar-refractivity contribution in [3.05, 3.63) is 58.3 Å². The van der Waals surface area contributed by atoms with Crippen molar-refractivity contribution in [2.24, 2.45) is 0 Å². The first-order chi connectivity index (χ1) is 12.4. The van der Waals surface area contributed by atoms with Crippen LogP contribution in [0.15, 0.2) is 47.8 Å². The summed E-state index contributed by atoms with van der Waals surface area (Å²) in [5.74, 6) is -0.233. The van der Waals surface area contributed by atoms with Crippen molar-refractivity contribution < 1.29 is 17.9 Å². The molecule has 0 bridgehead atoms. The highest BCUT2D eigenvalue weighted by atomic mass is 32.2. The molecule has 0 fully saturated rings. The van der Waals surface area contributed by atoms with Gasteiger partial charge in [0, 0.05) is 25.1 Å². The highest BCUT2D eigenvalue weighted by Crippen LogP contribution is 2.15. The van der Waals surface area contributed by atoms with Crippen LogP contribution in [0, 0.1) is 0 Å². The fourth-order valence-electron chi connectivity index (χ4n) is 2.43. The number of benzene rings is 1. The predicted molar refractivity (Wildman–Crippen MR) is 103 cm³/mol. The van der Waals surface area contributed by atoms with Gasteiger partial charge in [-0.2, -0.15) is 4.31 Å². The first-order valence-corrected chi connectivity index (χ1v) is 10.9. The maximum absolute atomic E-state index is 12.9. The molecule has 6 nitrogen and oxygen atoms in total. The van der Waals surface area contributed by atoms with Crippen molar-refractivity contribution in [1.29, 1.82) is 0 Å². The van der Waals surface area contributed by atoms with Gasteiger partial charge in [-0.1, -0.05) is 36.4 Å². The Balaban J connectivity index is 2.15. The zero-order valence-corrected chi connectivity index (χ0v) is 16.6. The number of carbonyl (C=O) groups excluding carboxylic acids is 1. The molecule has 0 radical (unpaired) electrons. The first kappa shape index (κ1) is 20.6. The normalized spacial score (nSPS) is 11.7. The molecule has 1 heterocycles. The van der Waals surface area contributed by atoms with Gasteiger partial charge in [0.1, 0.15) is 0 Å². The molecule has 1 aromatic heterocycles. The van der Waals surface area contributed by atoms with Gasteiger partial charge in [-0.05, 0) is 17.0 Å². The van der Waals surface area contributed by atoms with Crippen LogP contribution in [0.1, 0.15) is 10.4 Å². The third kappa shape index (κ3) is 6.53. The summed E-state index contributed by atoms with van der Waals surface area (Å²) in [6.45, 7) is 1.08. The number of amides is 1. The van der Waals surface area contributed by atoms with E-state index >= 15 is 0 Å². The highest BCUT2D eigenvalue weighted by molar-refractivity contribution is 7.88. The number of ether oxygens (including phenoxy) is 1. The van der Waals surface area contributed by atoms with E-state index in [0.29, 0.717) is 13.1 Å². The van der Waals surface area contributed by atoms with Crippen LogP contribution in [0.3, 0.4) is 0 Å². The molecule has 26 heavy (non-hydrogen) atoms. The summed E-state index contributed by atoms with van der Waals surface area (Å²) in [6, 6.07) is 13.6. The largest absolute Gasteiger partial charge is 0.383 e. The van der Waals surface area contributed by atoms with Gasteiger partial charge >= 0.3 is 0 Å². The van der Waals surface area contributed by atoms with Gasteiger partial charge in [0.25, 0.3) is 0 Å². The van der Waals surface area contributed by atoms with Crippen LogP contribution in [-0.2, 0) is 32.6 Å². The minimum atomic E-state index is -3.49. The number of methoxy groups -OCH3 is 1. The Morgan fingerprint density at radius 2 is 1.85 bits per heavy atom. The average molecular weight is 397 g/mol. The van der Waals surface area contributed by atoms with Gasteiger partial charge in [-0.25, -0.2) is 8.42 Å². The van der Waals surface area contributed by atoms with Crippen molar-refractivity contribution >= 4 is 27.3 Å². The minimum Gasteiger partial charge on any atom is -0.383 e. The maximum atomic E-state index is 12.9.